The van der Waals surface area contributed by atoms with E-state index in [9.17, 15) is 4.79 Å². The van der Waals surface area contributed by atoms with Crippen molar-refractivity contribution in [3.05, 3.63) is 34.1 Å². The second kappa shape index (κ2) is 6.16. The number of benzene rings is 1. The Morgan fingerprint density at radius 3 is 2.59 bits per heavy atom. The number of carbonyl (C=O) groups is 1. The Labute approximate surface area is 138 Å². The Hall–Kier alpha value is -1.76. The number of nitrogens with zero attached hydrogens (tertiary/aromatic N) is 5. The van der Waals surface area contributed by atoms with Crippen LogP contribution in [0.2, 0.25) is 0 Å². The molecule has 2 aromatic rings. The highest BCUT2D eigenvalue weighted by Gasteiger charge is 2.20. The van der Waals surface area contributed by atoms with Crippen molar-refractivity contribution in [3.8, 4) is 0 Å². The van der Waals surface area contributed by atoms with Crippen molar-refractivity contribution in [1.29, 1.82) is 0 Å². The van der Waals surface area contributed by atoms with E-state index in [1.807, 2.05) is 45.9 Å². The number of anilines is 1. The van der Waals surface area contributed by atoms with E-state index in [-0.39, 0.29) is 17.9 Å². The topological polar surface area (TPSA) is 63.9 Å². The maximum absolute atomic E-state index is 12.4. The molecule has 2 rings (SSSR count). The molecule has 0 bridgehead atoms. The summed E-state index contributed by atoms with van der Waals surface area (Å²) in [5.41, 5.74) is 1.65. The molecule has 0 fully saturated rings. The molecule has 0 unspecified atom stereocenters. The second-order valence-electron chi connectivity index (χ2n) is 6.23. The summed E-state index contributed by atoms with van der Waals surface area (Å²) in [7, 11) is 1.76. The summed E-state index contributed by atoms with van der Waals surface area (Å²) in [4.78, 5) is 15.6. The summed E-state index contributed by atoms with van der Waals surface area (Å²) in [6.45, 7) is 7.92. The molecule has 0 N–H and O–H groups in total. The fourth-order valence-electron chi connectivity index (χ4n) is 1.98. The monoisotopic (exact) mass is 365 g/mol. The number of hydrogen-bond donors (Lipinski definition) is 0. The van der Waals surface area contributed by atoms with Crippen molar-refractivity contribution >= 4 is 27.5 Å². The summed E-state index contributed by atoms with van der Waals surface area (Å²) in [6, 6.07) is 5.81. The van der Waals surface area contributed by atoms with Gasteiger partial charge >= 0.3 is 0 Å². The Bertz CT molecular complexity index is 689. The lowest BCUT2D eigenvalue weighted by Gasteiger charge is -2.19. The van der Waals surface area contributed by atoms with Gasteiger partial charge in [0.25, 0.3) is 0 Å². The average molecular weight is 366 g/mol. The maximum atomic E-state index is 12.4. The smallest absolute Gasteiger partial charge is 0.234 e. The summed E-state index contributed by atoms with van der Waals surface area (Å²) in [5, 5.41) is 12.2. The Balaban J connectivity index is 2.13. The van der Waals surface area contributed by atoms with Crippen LogP contribution >= 0.6 is 15.9 Å². The first-order valence-electron chi connectivity index (χ1n) is 7.00. The quantitative estimate of drug-likeness (QED) is 0.838. The largest absolute Gasteiger partial charge is 0.315 e. The van der Waals surface area contributed by atoms with Gasteiger partial charge in [-0.25, -0.2) is 0 Å². The Morgan fingerprint density at radius 1 is 1.36 bits per heavy atom. The highest BCUT2D eigenvalue weighted by molar-refractivity contribution is 9.10. The first-order valence-corrected chi connectivity index (χ1v) is 7.80. The lowest BCUT2D eigenvalue weighted by Crippen LogP contribution is -2.29. The Morgan fingerprint density at radius 2 is 2.05 bits per heavy atom. The molecular weight excluding hydrogens is 346 g/mol. The van der Waals surface area contributed by atoms with E-state index >= 15 is 0 Å². The van der Waals surface area contributed by atoms with Crippen molar-refractivity contribution < 1.29 is 4.79 Å². The summed E-state index contributed by atoms with van der Waals surface area (Å²) in [6.07, 6.45) is 0.127. The molecule has 118 valence electrons. The number of halogens is 1. The number of carbonyl (C=O) groups excluding carboxylic acids is 1. The lowest BCUT2D eigenvalue weighted by atomic mass is 10.1. The molecule has 0 radical (unpaired) electrons. The van der Waals surface area contributed by atoms with E-state index in [1.165, 1.54) is 4.80 Å². The van der Waals surface area contributed by atoms with Crippen LogP contribution in [0.1, 0.15) is 32.2 Å². The summed E-state index contributed by atoms with van der Waals surface area (Å²) in [5.74, 6) is 0.362. The van der Waals surface area contributed by atoms with Gasteiger partial charge in [-0.2, -0.15) is 4.80 Å². The third-order valence-corrected chi connectivity index (χ3v) is 3.75. The van der Waals surface area contributed by atoms with Gasteiger partial charge in [0, 0.05) is 17.2 Å². The fraction of sp³-hybridized carbons (Fsp3) is 0.467. The van der Waals surface area contributed by atoms with Crippen LogP contribution < -0.4 is 4.90 Å². The van der Waals surface area contributed by atoms with Crippen LogP contribution in [-0.4, -0.2) is 33.2 Å². The second-order valence-corrected chi connectivity index (χ2v) is 7.14. The molecule has 1 heterocycles. The van der Waals surface area contributed by atoms with Gasteiger partial charge in [-0.3, -0.25) is 4.79 Å². The molecule has 0 aliphatic heterocycles. The van der Waals surface area contributed by atoms with Crippen molar-refractivity contribution in [2.45, 2.75) is 39.7 Å². The van der Waals surface area contributed by atoms with Gasteiger partial charge in [-0.1, -0.05) is 15.9 Å². The van der Waals surface area contributed by atoms with E-state index in [0.717, 1.165) is 15.7 Å². The highest BCUT2D eigenvalue weighted by atomic mass is 79.9. The number of tetrazole rings is 1. The van der Waals surface area contributed by atoms with E-state index in [4.69, 9.17) is 0 Å². The van der Waals surface area contributed by atoms with Crippen molar-refractivity contribution in [3.63, 3.8) is 0 Å². The minimum absolute atomic E-state index is 0.0705. The molecule has 22 heavy (non-hydrogen) atoms. The number of amides is 1. The minimum Gasteiger partial charge on any atom is -0.315 e. The van der Waals surface area contributed by atoms with Gasteiger partial charge in [0.2, 0.25) is 5.91 Å². The first kappa shape index (κ1) is 16.6. The zero-order chi connectivity index (χ0) is 16.5. The minimum atomic E-state index is -0.248. The van der Waals surface area contributed by atoms with Crippen LogP contribution in [0.5, 0.6) is 0 Å². The SMILES string of the molecule is Cc1cc(Br)ccc1N(C)C(=O)Cc1nnn(C(C)(C)C)n1. The average Bonchev–Trinajstić information content (AvgIpc) is 2.86. The van der Waals surface area contributed by atoms with Gasteiger partial charge in [-0.05, 0) is 56.7 Å². The van der Waals surface area contributed by atoms with E-state index in [1.54, 1.807) is 11.9 Å². The molecule has 0 aliphatic rings. The number of likely N-dealkylation sites (N-methyl/N-ethyl adjacent to an activating group) is 1. The van der Waals surface area contributed by atoms with Crippen LogP contribution in [0.15, 0.2) is 22.7 Å². The van der Waals surface area contributed by atoms with Gasteiger partial charge in [-0.15, -0.1) is 10.2 Å². The molecule has 6 nitrogen and oxygen atoms in total. The summed E-state index contributed by atoms with van der Waals surface area (Å²) >= 11 is 3.42. The molecule has 7 heteroatoms. The highest BCUT2D eigenvalue weighted by Crippen LogP contribution is 2.23. The predicted octanol–water partition coefficient (Wildman–Crippen LogP) is 2.70. The third-order valence-electron chi connectivity index (χ3n) is 3.26. The molecular formula is C15H20BrN5O. The van der Waals surface area contributed by atoms with Crippen LogP contribution in [0, 0.1) is 6.92 Å². The normalized spacial score (nSPS) is 11.5. The zero-order valence-corrected chi connectivity index (χ0v) is 15.0. The van der Waals surface area contributed by atoms with E-state index < -0.39 is 0 Å². The first-order chi connectivity index (χ1) is 10.2. The van der Waals surface area contributed by atoms with Crippen molar-refractivity contribution in [2.75, 3.05) is 11.9 Å². The van der Waals surface area contributed by atoms with E-state index in [2.05, 4.69) is 31.3 Å². The number of aryl methyl sites for hydroxylation is 1. The molecule has 0 spiro atoms. The molecule has 0 aliphatic carbocycles. The third kappa shape index (κ3) is 3.71. The van der Waals surface area contributed by atoms with Crippen LogP contribution in [0.4, 0.5) is 5.69 Å². The van der Waals surface area contributed by atoms with Crippen molar-refractivity contribution in [2.24, 2.45) is 0 Å². The van der Waals surface area contributed by atoms with Crippen LogP contribution in [-0.2, 0) is 16.8 Å². The predicted molar refractivity (Wildman–Crippen MR) is 88.8 cm³/mol. The van der Waals surface area contributed by atoms with Crippen LogP contribution in [0.25, 0.3) is 0 Å². The standard InChI is InChI=1S/C15H20BrN5O/c1-10-8-11(16)6-7-12(10)20(5)14(22)9-13-17-19-21(18-13)15(2,3)4/h6-8H,9H2,1-5H3. The Kier molecular flexibility index (Phi) is 4.65. The molecule has 1 amide bonds. The molecule has 1 aromatic heterocycles. The molecule has 0 saturated carbocycles. The molecule has 1 aromatic carbocycles. The lowest BCUT2D eigenvalue weighted by molar-refractivity contribution is -0.117. The summed E-state index contributed by atoms with van der Waals surface area (Å²) < 4.78 is 0.990. The van der Waals surface area contributed by atoms with Gasteiger partial charge in [0.1, 0.15) is 0 Å². The number of hydrogen-bond acceptors (Lipinski definition) is 4. The zero-order valence-electron chi connectivity index (χ0n) is 13.5. The van der Waals surface area contributed by atoms with E-state index in [0.29, 0.717) is 5.82 Å². The molecule has 0 saturated heterocycles. The molecule has 0 atom stereocenters. The fourth-order valence-corrected chi connectivity index (χ4v) is 2.46. The van der Waals surface area contributed by atoms with Crippen molar-refractivity contribution in [1.82, 2.24) is 20.2 Å². The number of aromatic nitrogens is 4. The maximum Gasteiger partial charge on any atom is 0.234 e. The van der Waals surface area contributed by atoms with Gasteiger partial charge in [0.15, 0.2) is 5.82 Å². The van der Waals surface area contributed by atoms with Gasteiger partial charge < -0.3 is 4.90 Å². The number of rotatable bonds is 3. The van der Waals surface area contributed by atoms with Crippen LogP contribution in [0.3, 0.4) is 0 Å². The van der Waals surface area contributed by atoms with Gasteiger partial charge in [0.05, 0.1) is 12.0 Å².